The maximum atomic E-state index is 13.4. The molecule has 1 aromatic heterocycles. The maximum Gasteiger partial charge on any atom is 0.253 e. The summed E-state index contributed by atoms with van der Waals surface area (Å²) >= 11 is 0. The van der Waals surface area contributed by atoms with Crippen molar-refractivity contribution in [2.45, 2.75) is 25.7 Å². The van der Waals surface area contributed by atoms with Crippen LogP contribution in [0.2, 0.25) is 0 Å². The molecule has 2 aliphatic rings. The van der Waals surface area contributed by atoms with Crippen molar-refractivity contribution in [3.8, 4) is 0 Å². The van der Waals surface area contributed by atoms with Crippen LogP contribution in [0.4, 0.5) is 10.3 Å². The first-order valence-corrected chi connectivity index (χ1v) is 9.22. The molecule has 0 saturated carbocycles. The zero-order chi connectivity index (χ0) is 18.0. The minimum absolute atomic E-state index is 0.0709. The largest absolute Gasteiger partial charge is 0.340 e. The van der Waals surface area contributed by atoms with Gasteiger partial charge in [0.15, 0.2) is 0 Å². The van der Waals surface area contributed by atoms with Gasteiger partial charge in [0.25, 0.3) is 5.91 Å². The summed E-state index contributed by atoms with van der Waals surface area (Å²) in [4.78, 5) is 25.5. The van der Waals surface area contributed by atoms with E-state index in [1.807, 2.05) is 11.0 Å². The lowest BCUT2D eigenvalue weighted by Crippen LogP contribution is -2.51. The first kappa shape index (κ1) is 16.9. The van der Waals surface area contributed by atoms with Crippen LogP contribution in [0, 0.1) is 11.2 Å². The van der Waals surface area contributed by atoms with Gasteiger partial charge in [0.05, 0.1) is 0 Å². The van der Waals surface area contributed by atoms with E-state index in [0.29, 0.717) is 5.56 Å². The van der Waals surface area contributed by atoms with Crippen LogP contribution >= 0.6 is 0 Å². The molecule has 0 N–H and O–H groups in total. The summed E-state index contributed by atoms with van der Waals surface area (Å²) in [6.07, 6.45) is 7.80. The van der Waals surface area contributed by atoms with Crippen LogP contribution in [-0.4, -0.2) is 47.0 Å². The van der Waals surface area contributed by atoms with Gasteiger partial charge >= 0.3 is 0 Å². The average Bonchev–Trinajstić information content (AvgIpc) is 2.69. The molecule has 0 aliphatic carbocycles. The Morgan fingerprint density at radius 3 is 2.54 bits per heavy atom. The summed E-state index contributed by atoms with van der Waals surface area (Å²) in [5.41, 5.74) is 0.653. The fourth-order valence-electron chi connectivity index (χ4n) is 4.23. The van der Waals surface area contributed by atoms with Gasteiger partial charge in [-0.25, -0.2) is 14.4 Å². The highest BCUT2D eigenvalue weighted by atomic mass is 19.1. The number of benzene rings is 1. The molecule has 1 aromatic carbocycles. The highest BCUT2D eigenvalue weighted by molar-refractivity contribution is 5.94. The molecule has 2 aromatic rings. The number of carbonyl (C=O) groups is 1. The first-order valence-electron chi connectivity index (χ1n) is 9.22. The van der Waals surface area contributed by atoms with Crippen LogP contribution < -0.4 is 4.90 Å². The number of piperidine rings is 2. The van der Waals surface area contributed by atoms with Gasteiger partial charge in [-0.05, 0) is 55.4 Å². The molecule has 0 unspecified atom stereocenters. The molecular weight excluding hydrogens is 331 g/mol. The van der Waals surface area contributed by atoms with Crippen LogP contribution in [-0.2, 0) is 0 Å². The zero-order valence-corrected chi connectivity index (χ0v) is 14.8. The molecule has 1 amide bonds. The second kappa shape index (κ2) is 7.02. The van der Waals surface area contributed by atoms with Crippen molar-refractivity contribution in [1.29, 1.82) is 0 Å². The molecule has 6 heteroatoms. The van der Waals surface area contributed by atoms with E-state index in [2.05, 4.69) is 14.9 Å². The van der Waals surface area contributed by atoms with Crippen LogP contribution in [0.3, 0.4) is 0 Å². The van der Waals surface area contributed by atoms with Crippen LogP contribution in [0.5, 0.6) is 0 Å². The smallest absolute Gasteiger partial charge is 0.253 e. The number of hydrogen-bond donors (Lipinski definition) is 0. The molecule has 2 saturated heterocycles. The van der Waals surface area contributed by atoms with E-state index in [1.54, 1.807) is 24.5 Å². The monoisotopic (exact) mass is 354 g/mol. The van der Waals surface area contributed by atoms with E-state index in [9.17, 15) is 9.18 Å². The summed E-state index contributed by atoms with van der Waals surface area (Å²) in [6, 6.07) is 7.80. The summed E-state index contributed by atoms with van der Waals surface area (Å²) in [5.74, 6) is 0.360. The zero-order valence-electron chi connectivity index (χ0n) is 14.8. The van der Waals surface area contributed by atoms with Gasteiger partial charge in [-0.1, -0.05) is 6.07 Å². The van der Waals surface area contributed by atoms with Crippen LogP contribution in [0.1, 0.15) is 36.0 Å². The number of amides is 1. The van der Waals surface area contributed by atoms with Crippen molar-refractivity contribution in [3.63, 3.8) is 0 Å². The van der Waals surface area contributed by atoms with Crippen LogP contribution in [0.25, 0.3) is 0 Å². The molecule has 5 nitrogen and oxygen atoms in total. The molecule has 2 fully saturated rings. The SMILES string of the molecule is O=C(c1cccc(F)c1)N1CCC2(CCCN(c3ncccn3)C2)CC1. The number of likely N-dealkylation sites (tertiary alicyclic amines) is 1. The summed E-state index contributed by atoms with van der Waals surface area (Å²) in [5, 5.41) is 0. The van der Waals surface area contributed by atoms with E-state index in [4.69, 9.17) is 0 Å². The Kier molecular flexibility index (Phi) is 4.57. The Labute approximate surface area is 152 Å². The van der Waals surface area contributed by atoms with Crippen molar-refractivity contribution in [3.05, 3.63) is 54.1 Å². The number of hydrogen-bond acceptors (Lipinski definition) is 4. The molecular formula is C20H23FN4O. The lowest BCUT2D eigenvalue weighted by molar-refractivity contribution is 0.0539. The van der Waals surface area contributed by atoms with E-state index in [0.717, 1.165) is 51.4 Å². The van der Waals surface area contributed by atoms with Gasteiger partial charge in [0, 0.05) is 44.1 Å². The number of aromatic nitrogens is 2. The summed E-state index contributed by atoms with van der Waals surface area (Å²) in [6.45, 7) is 3.37. The number of halogens is 1. The van der Waals surface area contributed by atoms with E-state index in [1.165, 1.54) is 18.6 Å². The van der Waals surface area contributed by atoms with Gasteiger partial charge < -0.3 is 9.80 Å². The third-order valence-electron chi connectivity index (χ3n) is 5.68. The van der Waals surface area contributed by atoms with Crippen LogP contribution in [0.15, 0.2) is 42.7 Å². The molecule has 0 radical (unpaired) electrons. The highest BCUT2D eigenvalue weighted by Crippen LogP contribution is 2.40. The van der Waals surface area contributed by atoms with Crippen molar-refractivity contribution in [2.24, 2.45) is 5.41 Å². The Morgan fingerprint density at radius 1 is 1.04 bits per heavy atom. The average molecular weight is 354 g/mol. The Morgan fingerprint density at radius 2 is 1.81 bits per heavy atom. The maximum absolute atomic E-state index is 13.4. The second-order valence-corrected chi connectivity index (χ2v) is 7.38. The highest BCUT2D eigenvalue weighted by Gasteiger charge is 2.40. The predicted molar refractivity (Wildman–Crippen MR) is 97.4 cm³/mol. The molecule has 26 heavy (non-hydrogen) atoms. The van der Waals surface area contributed by atoms with Gasteiger partial charge in [0.2, 0.25) is 5.95 Å². The van der Waals surface area contributed by atoms with Crippen molar-refractivity contribution < 1.29 is 9.18 Å². The Bertz CT molecular complexity index is 774. The van der Waals surface area contributed by atoms with E-state index in [-0.39, 0.29) is 17.1 Å². The Balaban J connectivity index is 1.42. The fraction of sp³-hybridized carbons (Fsp3) is 0.450. The third-order valence-corrected chi connectivity index (χ3v) is 5.68. The van der Waals surface area contributed by atoms with Crippen molar-refractivity contribution in [1.82, 2.24) is 14.9 Å². The minimum atomic E-state index is -0.366. The molecule has 1 spiro atoms. The molecule has 0 bridgehead atoms. The van der Waals surface area contributed by atoms with Crippen molar-refractivity contribution in [2.75, 3.05) is 31.1 Å². The second-order valence-electron chi connectivity index (χ2n) is 7.38. The van der Waals surface area contributed by atoms with Gasteiger partial charge in [-0.3, -0.25) is 4.79 Å². The molecule has 4 rings (SSSR count). The number of rotatable bonds is 2. The molecule has 0 atom stereocenters. The normalized spacial score (nSPS) is 19.6. The topological polar surface area (TPSA) is 49.3 Å². The minimum Gasteiger partial charge on any atom is -0.340 e. The Hall–Kier alpha value is -2.50. The number of carbonyl (C=O) groups excluding carboxylic acids is 1. The van der Waals surface area contributed by atoms with E-state index >= 15 is 0 Å². The van der Waals surface area contributed by atoms with Gasteiger partial charge in [-0.2, -0.15) is 0 Å². The first-order chi connectivity index (χ1) is 12.7. The fourth-order valence-corrected chi connectivity index (χ4v) is 4.23. The summed E-state index contributed by atoms with van der Waals surface area (Å²) in [7, 11) is 0. The van der Waals surface area contributed by atoms with E-state index < -0.39 is 0 Å². The third kappa shape index (κ3) is 3.41. The van der Waals surface area contributed by atoms with Gasteiger partial charge in [-0.15, -0.1) is 0 Å². The molecule has 3 heterocycles. The predicted octanol–water partition coefficient (Wildman–Crippen LogP) is 3.14. The lowest BCUT2D eigenvalue weighted by Gasteiger charge is -2.47. The van der Waals surface area contributed by atoms with Gasteiger partial charge in [0.1, 0.15) is 5.82 Å². The number of nitrogens with zero attached hydrogens (tertiary/aromatic N) is 4. The lowest BCUT2D eigenvalue weighted by atomic mass is 9.72. The molecule has 136 valence electrons. The quantitative estimate of drug-likeness (QED) is 0.831. The standard InChI is InChI=1S/C20H23FN4O/c21-17-5-1-4-16(14-17)18(26)24-12-7-20(8-13-24)6-2-11-25(15-20)19-22-9-3-10-23-19/h1,3-5,9-10,14H,2,6-8,11-13,15H2. The van der Waals surface area contributed by atoms with Crippen molar-refractivity contribution >= 4 is 11.9 Å². The molecule has 2 aliphatic heterocycles. The summed E-state index contributed by atoms with van der Waals surface area (Å²) < 4.78 is 13.4. The number of anilines is 1.